The van der Waals surface area contributed by atoms with Gasteiger partial charge in [-0.3, -0.25) is 14.9 Å². The van der Waals surface area contributed by atoms with Gasteiger partial charge in [-0.2, -0.15) is 9.78 Å². The number of anilines is 1. The number of carbonyl (C=O) groups is 1. The molecule has 0 aliphatic heterocycles. The summed E-state index contributed by atoms with van der Waals surface area (Å²) in [7, 11) is 0. The second-order valence-electron chi connectivity index (χ2n) is 3.91. The highest BCUT2D eigenvalue weighted by atomic mass is 35.5. The number of carbonyl (C=O) groups excluding carboxylic acids is 1. The summed E-state index contributed by atoms with van der Waals surface area (Å²) in [5.74, 6) is -0.380. The van der Waals surface area contributed by atoms with Crippen molar-refractivity contribution >= 4 is 40.6 Å². The maximum absolute atomic E-state index is 11.5. The average molecular weight is 330 g/mol. The number of nitrogens with one attached hydrogen (secondary N) is 1. The fourth-order valence-electron chi connectivity index (χ4n) is 1.53. The summed E-state index contributed by atoms with van der Waals surface area (Å²) in [4.78, 5) is 25.9. The molecular formula is C11H9Cl2N5O3. The van der Waals surface area contributed by atoms with E-state index in [0.29, 0.717) is 5.02 Å². The van der Waals surface area contributed by atoms with Crippen LogP contribution in [-0.4, -0.2) is 25.6 Å². The van der Waals surface area contributed by atoms with E-state index in [2.05, 4.69) is 15.4 Å². The molecule has 21 heavy (non-hydrogen) atoms. The summed E-state index contributed by atoms with van der Waals surface area (Å²) in [5, 5.41) is 17.7. The number of rotatable bonds is 4. The van der Waals surface area contributed by atoms with Gasteiger partial charge in [-0.15, -0.1) is 0 Å². The molecule has 0 aliphatic rings. The molecule has 10 heteroatoms. The predicted molar refractivity (Wildman–Crippen MR) is 77.0 cm³/mol. The SMILES string of the molecule is CCC(=O)Nc1c([N+](=O)[O-])cnn1-c1ncc(Cl)cc1Cl. The fraction of sp³-hybridized carbons (Fsp3) is 0.182. The number of hydrogen-bond acceptors (Lipinski definition) is 5. The van der Waals surface area contributed by atoms with Crippen molar-refractivity contribution in [3.63, 3.8) is 0 Å². The summed E-state index contributed by atoms with van der Waals surface area (Å²) >= 11 is 11.8. The van der Waals surface area contributed by atoms with E-state index in [-0.39, 0.29) is 28.8 Å². The van der Waals surface area contributed by atoms with Crippen LogP contribution in [0.15, 0.2) is 18.5 Å². The van der Waals surface area contributed by atoms with Crippen molar-refractivity contribution in [3.8, 4) is 5.82 Å². The van der Waals surface area contributed by atoms with Gasteiger partial charge in [0, 0.05) is 12.6 Å². The van der Waals surface area contributed by atoms with Gasteiger partial charge in [0.1, 0.15) is 6.20 Å². The van der Waals surface area contributed by atoms with Crippen LogP contribution in [-0.2, 0) is 4.79 Å². The lowest BCUT2D eigenvalue weighted by Gasteiger charge is -2.08. The summed E-state index contributed by atoms with van der Waals surface area (Å²) in [6.07, 6.45) is 2.49. The van der Waals surface area contributed by atoms with E-state index in [1.54, 1.807) is 6.92 Å². The second-order valence-corrected chi connectivity index (χ2v) is 4.75. The maximum Gasteiger partial charge on any atom is 0.331 e. The Morgan fingerprint density at radius 2 is 2.19 bits per heavy atom. The molecule has 0 unspecified atom stereocenters. The molecule has 110 valence electrons. The summed E-state index contributed by atoms with van der Waals surface area (Å²) in [6.45, 7) is 1.62. The third-order valence-electron chi connectivity index (χ3n) is 2.51. The van der Waals surface area contributed by atoms with Crippen molar-refractivity contribution in [2.24, 2.45) is 0 Å². The Morgan fingerprint density at radius 1 is 1.48 bits per heavy atom. The molecule has 0 bridgehead atoms. The number of hydrogen-bond donors (Lipinski definition) is 1. The first-order valence-electron chi connectivity index (χ1n) is 5.77. The molecule has 2 rings (SSSR count). The molecule has 2 heterocycles. The first-order chi connectivity index (χ1) is 9.93. The zero-order valence-corrected chi connectivity index (χ0v) is 12.2. The summed E-state index contributed by atoms with van der Waals surface area (Å²) < 4.78 is 1.09. The number of pyridine rings is 1. The summed E-state index contributed by atoms with van der Waals surface area (Å²) in [6, 6.07) is 1.42. The van der Waals surface area contributed by atoms with Crippen molar-refractivity contribution in [2.75, 3.05) is 5.32 Å². The molecule has 0 atom stereocenters. The molecule has 1 N–H and O–H groups in total. The number of nitrogens with zero attached hydrogens (tertiary/aromatic N) is 4. The van der Waals surface area contributed by atoms with E-state index in [1.807, 2.05) is 0 Å². The molecule has 2 aromatic rings. The number of amides is 1. The number of halogens is 2. The van der Waals surface area contributed by atoms with Crippen LogP contribution in [0.3, 0.4) is 0 Å². The van der Waals surface area contributed by atoms with Crippen LogP contribution >= 0.6 is 23.2 Å². The minimum atomic E-state index is -0.654. The van der Waals surface area contributed by atoms with Crippen molar-refractivity contribution in [3.05, 3.63) is 38.6 Å². The Morgan fingerprint density at radius 3 is 2.76 bits per heavy atom. The van der Waals surface area contributed by atoms with E-state index in [0.717, 1.165) is 10.9 Å². The van der Waals surface area contributed by atoms with Crippen molar-refractivity contribution in [2.45, 2.75) is 13.3 Å². The highest BCUT2D eigenvalue weighted by Gasteiger charge is 2.24. The first kappa shape index (κ1) is 15.2. The van der Waals surface area contributed by atoms with E-state index in [9.17, 15) is 14.9 Å². The van der Waals surface area contributed by atoms with Crippen molar-refractivity contribution < 1.29 is 9.72 Å². The van der Waals surface area contributed by atoms with Crippen LogP contribution in [0.4, 0.5) is 11.5 Å². The molecule has 2 aromatic heterocycles. The zero-order chi connectivity index (χ0) is 15.6. The molecule has 0 fully saturated rings. The monoisotopic (exact) mass is 329 g/mol. The van der Waals surface area contributed by atoms with Gasteiger partial charge in [0.2, 0.25) is 11.7 Å². The van der Waals surface area contributed by atoms with Crippen molar-refractivity contribution in [1.82, 2.24) is 14.8 Å². The van der Waals surface area contributed by atoms with E-state index in [1.165, 1.54) is 12.3 Å². The average Bonchev–Trinajstić information content (AvgIpc) is 2.82. The van der Waals surface area contributed by atoms with E-state index >= 15 is 0 Å². The molecular weight excluding hydrogens is 321 g/mol. The van der Waals surface area contributed by atoms with Gasteiger partial charge in [-0.25, -0.2) is 4.98 Å². The Balaban J connectivity index is 2.57. The highest BCUT2D eigenvalue weighted by molar-refractivity contribution is 6.35. The summed E-state index contributed by atoms with van der Waals surface area (Å²) in [5.41, 5.74) is -0.357. The van der Waals surface area contributed by atoms with Gasteiger partial charge in [-0.1, -0.05) is 30.1 Å². The molecule has 0 spiro atoms. The van der Waals surface area contributed by atoms with Gasteiger partial charge < -0.3 is 5.32 Å². The van der Waals surface area contributed by atoms with Crippen LogP contribution in [0.2, 0.25) is 10.0 Å². The highest BCUT2D eigenvalue weighted by Crippen LogP contribution is 2.30. The lowest BCUT2D eigenvalue weighted by molar-refractivity contribution is -0.384. The van der Waals surface area contributed by atoms with Gasteiger partial charge in [0.15, 0.2) is 5.82 Å². The minimum Gasteiger partial charge on any atom is -0.305 e. The lowest BCUT2D eigenvalue weighted by Crippen LogP contribution is -2.15. The predicted octanol–water partition coefficient (Wildman–Crippen LogP) is 2.83. The maximum atomic E-state index is 11.5. The third-order valence-corrected chi connectivity index (χ3v) is 3.00. The Bertz CT molecular complexity index is 716. The van der Waals surface area contributed by atoms with Gasteiger partial charge in [-0.05, 0) is 6.07 Å². The smallest absolute Gasteiger partial charge is 0.305 e. The topological polar surface area (TPSA) is 103 Å². The molecule has 0 radical (unpaired) electrons. The second kappa shape index (κ2) is 6.06. The molecule has 0 aromatic carbocycles. The van der Waals surface area contributed by atoms with E-state index < -0.39 is 10.8 Å². The zero-order valence-electron chi connectivity index (χ0n) is 10.7. The van der Waals surface area contributed by atoms with Crippen LogP contribution in [0.5, 0.6) is 0 Å². The van der Waals surface area contributed by atoms with Crippen LogP contribution in [0.25, 0.3) is 5.82 Å². The lowest BCUT2D eigenvalue weighted by atomic mass is 10.4. The van der Waals surface area contributed by atoms with Gasteiger partial charge in [0.25, 0.3) is 0 Å². The van der Waals surface area contributed by atoms with E-state index in [4.69, 9.17) is 23.2 Å². The number of aromatic nitrogens is 3. The Kier molecular flexibility index (Phi) is 4.39. The molecule has 0 saturated heterocycles. The quantitative estimate of drug-likeness (QED) is 0.686. The minimum absolute atomic E-state index is 0.108. The van der Waals surface area contributed by atoms with Crippen LogP contribution in [0.1, 0.15) is 13.3 Å². The normalized spacial score (nSPS) is 10.4. The van der Waals surface area contributed by atoms with Crippen LogP contribution < -0.4 is 5.32 Å². The Hall–Kier alpha value is -2.19. The van der Waals surface area contributed by atoms with Crippen LogP contribution in [0, 0.1) is 10.1 Å². The molecule has 8 nitrogen and oxygen atoms in total. The molecule has 0 aliphatic carbocycles. The van der Waals surface area contributed by atoms with Gasteiger partial charge >= 0.3 is 5.69 Å². The van der Waals surface area contributed by atoms with Crippen molar-refractivity contribution in [1.29, 1.82) is 0 Å². The molecule has 1 amide bonds. The first-order valence-corrected chi connectivity index (χ1v) is 6.53. The fourth-order valence-corrected chi connectivity index (χ4v) is 1.99. The Labute approximate surface area is 128 Å². The number of nitro groups is 1. The largest absolute Gasteiger partial charge is 0.331 e. The standard InChI is InChI=1S/C11H9Cl2N5O3/c1-2-9(19)16-11-8(18(20)21)5-15-17(11)10-7(13)3-6(12)4-14-10/h3-5H,2H2,1H3,(H,16,19). The molecule has 0 saturated carbocycles. The van der Waals surface area contributed by atoms with Gasteiger partial charge in [0.05, 0.1) is 15.0 Å². The third kappa shape index (κ3) is 3.11.